The molecule has 132 valence electrons. The zero-order valence-electron chi connectivity index (χ0n) is 14.8. The molecule has 1 unspecified atom stereocenters. The van der Waals surface area contributed by atoms with E-state index < -0.39 is 5.60 Å². The van der Waals surface area contributed by atoms with Crippen LogP contribution in [0.25, 0.3) is 0 Å². The minimum atomic E-state index is -1.00. The van der Waals surface area contributed by atoms with E-state index in [9.17, 15) is 9.90 Å². The van der Waals surface area contributed by atoms with Gasteiger partial charge in [-0.25, -0.2) is 4.79 Å². The van der Waals surface area contributed by atoms with Crippen molar-refractivity contribution in [3.63, 3.8) is 0 Å². The Hall–Kier alpha value is -2.33. The van der Waals surface area contributed by atoms with Crippen LogP contribution in [-0.2, 0) is 16.9 Å². The summed E-state index contributed by atoms with van der Waals surface area (Å²) in [7, 11) is 0. The van der Waals surface area contributed by atoms with E-state index in [0.717, 1.165) is 11.1 Å². The lowest BCUT2D eigenvalue weighted by molar-refractivity contribution is 0.0407. The van der Waals surface area contributed by atoms with Gasteiger partial charge in [-0.05, 0) is 29.0 Å². The molecule has 0 saturated carbocycles. The van der Waals surface area contributed by atoms with Crippen molar-refractivity contribution in [2.24, 2.45) is 0 Å². The summed E-state index contributed by atoms with van der Waals surface area (Å²) in [5.41, 5.74) is 2.01. The summed E-state index contributed by atoms with van der Waals surface area (Å²) in [4.78, 5) is 13.9. The molecule has 4 heteroatoms. The van der Waals surface area contributed by atoms with Gasteiger partial charge >= 0.3 is 6.09 Å². The van der Waals surface area contributed by atoms with E-state index in [1.54, 1.807) is 4.90 Å². The number of hydrogen-bond acceptors (Lipinski definition) is 3. The summed E-state index contributed by atoms with van der Waals surface area (Å²) in [6.07, 6.45) is 0.148. The average Bonchev–Trinajstić information content (AvgIpc) is 3.04. The van der Waals surface area contributed by atoms with Crippen molar-refractivity contribution >= 4 is 6.09 Å². The molecular formula is C21H25NO3. The number of β-amino-alcohol motifs (C(OH)–C–C–N with tert-alkyl or cyclic N) is 1. The van der Waals surface area contributed by atoms with Crippen molar-refractivity contribution in [2.45, 2.75) is 38.4 Å². The monoisotopic (exact) mass is 339 g/mol. The predicted molar refractivity (Wildman–Crippen MR) is 97.2 cm³/mol. The van der Waals surface area contributed by atoms with E-state index in [4.69, 9.17) is 4.74 Å². The third kappa shape index (κ3) is 4.02. The number of ether oxygens (including phenoxy) is 1. The Kier molecular flexibility index (Phi) is 5.09. The number of benzene rings is 2. The largest absolute Gasteiger partial charge is 0.445 e. The topological polar surface area (TPSA) is 49.8 Å². The Morgan fingerprint density at radius 2 is 1.96 bits per heavy atom. The minimum absolute atomic E-state index is 0.247. The predicted octanol–water partition coefficient (Wildman–Crippen LogP) is 4.04. The molecule has 1 atom stereocenters. The lowest BCUT2D eigenvalue weighted by Crippen LogP contribution is -2.34. The number of aliphatic hydroxyl groups is 1. The van der Waals surface area contributed by atoms with Crippen LogP contribution in [-0.4, -0.2) is 29.2 Å². The van der Waals surface area contributed by atoms with Crippen LogP contribution in [0.5, 0.6) is 0 Å². The standard InChI is InChI=1S/C21H25NO3/c1-16(2)18-9-6-10-19(13-18)21(24)11-12-22(15-21)20(23)25-14-17-7-4-3-5-8-17/h3-10,13,16,24H,11-12,14-15H2,1-2H3. The van der Waals surface area contributed by atoms with Crippen molar-refractivity contribution in [2.75, 3.05) is 13.1 Å². The molecule has 1 aliphatic rings. The highest BCUT2D eigenvalue weighted by Crippen LogP contribution is 2.33. The van der Waals surface area contributed by atoms with Crippen LogP contribution >= 0.6 is 0 Å². The molecule has 1 amide bonds. The van der Waals surface area contributed by atoms with E-state index in [2.05, 4.69) is 19.9 Å². The second-order valence-corrected chi connectivity index (χ2v) is 7.02. The summed E-state index contributed by atoms with van der Waals surface area (Å²) in [5.74, 6) is 0.400. The van der Waals surface area contributed by atoms with Crippen LogP contribution in [0.1, 0.15) is 42.9 Å². The van der Waals surface area contributed by atoms with Crippen molar-refractivity contribution in [3.8, 4) is 0 Å². The van der Waals surface area contributed by atoms with Gasteiger partial charge in [-0.3, -0.25) is 0 Å². The fraction of sp³-hybridized carbons (Fsp3) is 0.381. The number of carbonyl (C=O) groups is 1. The Morgan fingerprint density at radius 1 is 1.20 bits per heavy atom. The van der Waals surface area contributed by atoms with Crippen LogP contribution < -0.4 is 0 Å². The van der Waals surface area contributed by atoms with Gasteiger partial charge in [-0.15, -0.1) is 0 Å². The molecule has 25 heavy (non-hydrogen) atoms. The number of amides is 1. The molecule has 1 saturated heterocycles. The number of nitrogens with zero attached hydrogens (tertiary/aromatic N) is 1. The van der Waals surface area contributed by atoms with Crippen molar-refractivity contribution in [3.05, 3.63) is 71.3 Å². The minimum Gasteiger partial charge on any atom is -0.445 e. The molecule has 0 aromatic heterocycles. The highest BCUT2D eigenvalue weighted by Gasteiger charge is 2.40. The molecule has 1 heterocycles. The SMILES string of the molecule is CC(C)c1cccc(C2(O)CCN(C(=O)OCc3ccccc3)C2)c1. The normalized spacial score (nSPS) is 20.1. The lowest BCUT2D eigenvalue weighted by Gasteiger charge is -2.24. The van der Waals surface area contributed by atoms with E-state index in [1.165, 1.54) is 5.56 Å². The van der Waals surface area contributed by atoms with Gasteiger partial charge in [0, 0.05) is 6.54 Å². The summed E-state index contributed by atoms with van der Waals surface area (Å²) >= 11 is 0. The fourth-order valence-corrected chi connectivity index (χ4v) is 3.18. The van der Waals surface area contributed by atoms with E-state index in [1.807, 2.05) is 48.5 Å². The first-order valence-corrected chi connectivity index (χ1v) is 8.76. The van der Waals surface area contributed by atoms with Crippen LogP contribution in [0, 0.1) is 0 Å². The van der Waals surface area contributed by atoms with Gasteiger partial charge < -0.3 is 14.7 Å². The third-order valence-electron chi connectivity index (χ3n) is 4.80. The molecule has 4 nitrogen and oxygen atoms in total. The van der Waals surface area contributed by atoms with E-state index in [0.29, 0.717) is 18.9 Å². The van der Waals surface area contributed by atoms with Crippen LogP contribution in [0.2, 0.25) is 0 Å². The quantitative estimate of drug-likeness (QED) is 0.914. The second kappa shape index (κ2) is 7.28. The van der Waals surface area contributed by atoms with Gasteiger partial charge in [0.2, 0.25) is 0 Å². The lowest BCUT2D eigenvalue weighted by atomic mass is 9.90. The van der Waals surface area contributed by atoms with Crippen LogP contribution in [0.3, 0.4) is 0 Å². The number of rotatable bonds is 4. The molecule has 0 bridgehead atoms. The average molecular weight is 339 g/mol. The van der Waals surface area contributed by atoms with Gasteiger partial charge in [0.15, 0.2) is 0 Å². The molecule has 0 radical (unpaired) electrons. The summed E-state index contributed by atoms with van der Waals surface area (Å²) in [6, 6.07) is 17.6. The van der Waals surface area contributed by atoms with Gasteiger partial charge in [-0.1, -0.05) is 68.4 Å². The summed E-state index contributed by atoms with van der Waals surface area (Å²) < 4.78 is 5.38. The van der Waals surface area contributed by atoms with Crippen molar-refractivity contribution in [1.29, 1.82) is 0 Å². The first kappa shape index (κ1) is 17.5. The Morgan fingerprint density at radius 3 is 2.68 bits per heavy atom. The van der Waals surface area contributed by atoms with Crippen LogP contribution in [0.15, 0.2) is 54.6 Å². The molecule has 2 aromatic rings. The first-order chi connectivity index (χ1) is 12.0. The molecule has 1 fully saturated rings. The zero-order valence-corrected chi connectivity index (χ0v) is 14.8. The molecule has 2 aromatic carbocycles. The number of hydrogen-bond donors (Lipinski definition) is 1. The Bertz CT molecular complexity index is 729. The van der Waals surface area contributed by atoms with Gasteiger partial charge in [0.05, 0.1) is 6.54 Å². The first-order valence-electron chi connectivity index (χ1n) is 8.76. The number of carbonyl (C=O) groups excluding carboxylic acids is 1. The maximum atomic E-state index is 12.3. The Labute approximate surface area is 149 Å². The fourth-order valence-electron chi connectivity index (χ4n) is 3.18. The van der Waals surface area contributed by atoms with E-state index >= 15 is 0 Å². The van der Waals surface area contributed by atoms with Crippen molar-refractivity contribution < 1.29 is 14.6 Å². The summed E-state index contributed by atoms with van der Waals surface area (Å²) in [5, 5.41) is 11.0. The molecule has 0 spiro atoms. The highest BCUT2D eigenvalue weighted by atomic mass is 16.6. The van der Waals surface area contributed by atoms with Gasteiger partial charge in [-0.2, -0.15) is 0 Å². The molecule has 0 aliphatic carbocycles. The second-order valence-electron chi connectivity index (χ2n) is 7.02. The van der Waals surface area contributed by atoms with Crippen LogP contribution in [0.4, 0.5) is 4.79 Å². The third-order valence-corrected chi connectivity index (χ3v) is 4.80. The zero-order chi connectivity index (χ0) is 17.9. The van der Waals surface area contributed by atoms with Gasteiger partial charge in [0.25, 0.3) is 0 Å². The van der Waals surface area contributed by atoms with E-state index in [-0.39, 0.29) is 19.2 Å². The smallest absolute Gasteiger partial charge is 0.410 e. The van der Waals surface area contributed by atoms with Gasteiger partial charge in [0.1, 0.15) is 12.2 Å². The number of likely N-dealkylation sites (tertiary alicyclic amines) is 1. The molecule has 1 aliphatic heterocycles. The molecule has 3 rings (SSSR count). The maximum absolute atomic E-state index is 12.3. The summed E-state index contributed by atoms with van der Waals surface area (Å²) in [6.45, 7) is 5.27. The maximum Gasteiger partial charge on any atom is 0.410 e. The van der Waals surface area contributed by atoms with Crippen molar-refractivity contribution in [1.82, 2.24) is 4.90 Å². The molecule has 1 N–H and O–H groups in total. The highest BCUT2D eigenvalue weighted by molar-refractivity contribution is 5.68. The molecular weight excluding hydrogens is 314 g/mol. The Balaban J connectivity index is 1.64.